The lowest BCUT2D eigenvalue weighted by Gasteiger charge is -2.12. The molecule has 0 amide bonds. The Bertz CT molecular complexity index is 2750. The van der Waals surface area contributed by atoms with Crippen molar-refractivity contribution in [3.05, 3.63) is 164 Å². The van der Waals surface area contributed by atoms with Crippen LogP contribution in [0.25, 0.3) is 89.2 Å². The smallest absolute Gasteiger partial charge is 0.123 e. The van der Waals surface area contributed by atoms with Gasteiger partial charge in [-0.1, -0.05) is 72.8 Å². The Morgan fingerprint density at radius 2 is 1.00 bits per heavy atom. The van der Waals surface area contributed by atoms with Gasteiger partial charge in [-0.2, -0.15) is 0 Å². The van der Waals surface area contributed by atoms with Gasteiger partial charge in [-0.15, -0.1) is 0 Å². The monoisotopic (exact) mass is 628 g/mol. The van der Waals surface area contributed by atoms with Gasteiger partial charge in [-0.3, -0.25) is 14.5 Å². The summed E-state index contributed by atoms with van der Waals surface area (Å²) < 4.78 is 4.65. The number of pyridine rings is 3. The quantitative estimate of drug-likeness (QED) is 0.206. The molecule has 1 N–H and O–H groups in total. The first-order valence-corrected chi connectivity index (χ1v) is 16.4. The summed E-state index contributed by atoms with van der Waals surface area (Å²) in [6, 6.07) is 52.9. The molecule has 0 spiro atoms. The molecule has 49 heavy (non-hydrogen) atoms. The number of aromatic nitrogens is 6. The number of rotatable bonds is 5. The highest BCUT2D eigenvalue weighted by atomic mass is 15.1. The SMILES string of the molecule is c1ccc(-n2c3ccccc3c3cc(-c4ccc5c(c4)c4ccccc4n5-c4cc(-c5ccccn5)nc(-c5ccccn5)c4)[nH]c32)cc1. The van der Waals surface area contributed by atoms with Crippen LogP contribution >= 0.6 is 0 Å². The first-order chi connectivity index (χ1) is 24.3. The summed E-state index contributed by atoms with van der Waals surface area (Å²) in [6.07, 6.45) is 3.61. The summed E-state index contributed by atoms with van der Waals surface area (Å²) in [4.78, 5) is 18.1. The maximum atomic E-state index is 5.02. The second kappa shape index (κ2) is 10.9. The average Bonchev–Trinajstić information content (AvgIpc) is 3.84. The molecule has 6 nitrogen and oxygen atoms in total. The molecule has 0 fully saturated rings. The summed E-state index contributed by atoms with van der Waals surface area (Å²) >= 11 is 0. The minimum atomic E-state index is 0.797. The molecule has 10 aromatic rings. The number of nitrogens with one attached hydrogen (secondary N) is 1. The van der Waals surface area contributed by atoms with Gasteiger partial charge in [0.2, 0.25) is 0 Å². The molecule has 0 saturated carbocycles. The highest BCUT2D eigenvalue weighted by molar-refractivity contribution is 6.12. The molecular formula is C43H28N6. The zero-order valence-electron chi connectivity index (χ0n) is 26.3. The van der Waals surface area contributed by atoms with Gasteiger partial charge < -0.3 is 9.55 Å². The van der Waals surface area contributed by atoms with E-state index in [2.05, 4.69) is 139 Å². The molecule has 230 valence electrons. The standard InChI is InChI=1S/C43H28N6/c1-2-12-29(13-3-1)49-41-19-7-5-15-32(41)34-27-37(47-43(34)49)28-20-21-42-33(24-28)31-14-4-6-18-40(31)48(42)30-25-38(35-16-8-10-22-44-35)46-39(26-30)36-17-9-11-23-45-36/h1-27,47H. The molecule has 0 aliphatic carbocycles. The van der Waals surface area contributed by atoms with Gasteiger partial charge in [0.15, 0.2) is 0 Å². The van der Waals surface area contributed by atoms with Crippen LogP contribution in [0.2, 0.25) is 0 Å². The first kappa shape index (κ1) is 27.3. The van der Waals surface area contributed by atoms with E-state index < -0.39 is 0 Å². The third-order valence-corrected chi connectivity index (χ3v) is 9.38. The summed E-state index contributed by atoms with van der Waals surface area (Å²) in [6.45, 7) is 0. The van der Waals surface area contributed by atoms with Crippen molar-refractivity contribution in [1.29, 1.82) is 0 Å². The predicted molar refractivity (Wildman–Crippen MR) is 199 cm³/mol. The number of fused-ring (bicyclic) bond motifs is 6. The first-order valence-electron chi connectivity index (χ1n) is 16.4. The molecule has 6 heterocycles. The lowest BCUT2D eigenvalue weighted by molar-refractivity contribution is 1.14. The molecule has 0 atom stereocenters. The van der Waals surface area contributed by atoms with Crippen LogP contribution in [0.4, 0.5) is 0 Å². The average molecular weight is 629 g/mol. The van der Waals surface area contributed by atoms with Gasteiger partial charge >= 0.3 is 0 Å². The minimum absolute atomic E-state index is 0.797. The number of hydrogen-bond donors (Lipinski definition) is 1. The Morgan fingerprint density at radius 1 is 0.408 bits per heavy atom. The number of aromatic amines is 1. The maximum absolute atomic E-state index is 5.02. The Hall–Kier alpha value is -6.79. The molecule has 0 radical (unpaired) electrons. The molecule has 4 aromatic carbocycles. The van der Waals surface area contributed by atoms with E-state index in [-0.39, 0.29) is 0 Å². The molecule has 0 aliphatic rings. The van der Waals surface area contributed by atoms with Crippen molar-refractivity contribution >= 4 is 43.7 Å². The fourth-order valence-electron chi connectivity index (χ4n) is 7.20. The van der Waals surface area contributed by atoms with Crippen LogP contribution in [0.15, 0.2) is 164 Å². The van der Waals surface area contributed by atoms with Crippen molar-refractivity contribution in [3.63, 3.8) is 0 Å². The third-order valence-electron chi connectivity index (χ3n) is 9.38. The van der Waals surface area contributed by atoms with Crippen molar-refractivity contribution in [2.24, 2.45) is 0 Å². The molecule has 0 bridgehead atoms. The number of hydrogen-bond acceptors (Lipinski definition) is 3. The normalized spacial score (nSPS) is 11.7. The molecule has 0 unspecified atom stereocenters. The Kier molecular flexibility index (Phi) is 6.08. The number of nitrogens with zero attached hydrogens (tertiary/aromatic N) is 5. The highest BCUT2D eigenvalue weighted by Gasteiger charge is 2.19. The fourth-order valence-corrected chi connectivity index (χ4v) is 7.20. The summed E-state index contributed by atoms with van der Waals surface area (Å²) in [5.74, 6) is 0. The highest BCUT2D eigenvalue weighted by Crippen LogP contribution is 2.39. The maximum Gasteiger partial charge on any atom is 0.123 e. The summed E-state index contributed by atoms with van der Waals surface area (Å²) in [7, 11) is 0. The van der Waals surface area contributed by atoms with E-state index in [0.717, 1.165) is 62.1 Å². The van der Waals surface area contributed by atoms with Gasteiger partial charge in [-0.05, 0) is 84.4 Å². The van der Waals surface area contributed by atoms with Crippen LogP contribution < -0.4 is 0 Å². The predicted octanol–water partition coefficient (Wildman–Crippen LogP) is 10.4. The zero-order valence-corrected chi connectivity index (χ0v) is 26.3. The van der Waals surface area contributed by atoms with E-state index in [1.54, 1.807) is 12.4 Å². The van der Waals surface area contributed by atoms with Crippen LogP contribution in [0.5, 0.6) is 0 Å². The fraction of sp³-hybridized carbons (Fsp3) is 0. The second-order valence-corrected chi connectivity index (χ2v) is 12.2. The van der Waals surface area contributed by atoms with Crippen molar-refractivity contribution < 1.29 is 0 Å². The van der Waals surface area contributed by atoms with Crippen LogP contribution in [0, 0.1) is 0 Å². The molecule has 0 aliphatic heterocycles. The van der Waals surface area contributed by atoms with Gasteiger partial charge in [0.05, 0.1) is 45.0 Å². The number of benzene rings is 4. The van der Waals surface area contributed by atoms with Gasteiger partial charge in [0, 0.05) is 45.3 Å². The Morgan fingerprint density at radius 3 is 1.67 bits per heavy atom. The van der Waals surface area contributed by atoms with Crippen LogP contribution in [-0.2, 0) is 0 Å². The Labute approximate surface area is 281 Å². The second-order valence-electron chi connectivity index (χ2n) is 12.2. The number of H-pyrrole nitrogens is 1. The van der Waals surface area contributed by atoms with Crippen LogP contribution in [0.1, 0.15) is 0 Å². The van der Waals surface area contributed by atoms with Crippen molar-refractivity contribution in [2.75, 3.05) is 0 Å². The minimum Gasteiger partial charge on any atom is -0.340 e. The summed E-state index contributed by atoms with van der Waals surface area (Å²) in [5.41, 5.74) is 12.1. The van der Waals surface area contributed by atoms with Gasteiger partial charge in [-0.25, -0.2) is 4.98 Å². The van der Waals surface area contributed by atoms with Crippen LogP contribution in [-0.4, -0.2) is 29.1 Å². The largest absolute Gasteiger partial charge is 0.340 e. The lowest BCUT2D eigenvalue weighted by atomic mass is 10.1. The molecule has 10 rings (SSSR count). The third kappa shape index (κ3) is 4.38. The molecule has 6 heteroatoms. The molecular weight excluding hydrogens is 601 g/mol. The molecule has 0 saturated heterocycles. The van der Waals surface area contributed by atoms with E-state index in [1.165, 1.54) is 27.1 Å². The van der Waals surface area contributed by atoms with Crippen LogP contribution in [0.3, 0.4) is 0 Å². The van der Waals surface area contributed by atoms with E-state index in [1.807, 2.05) is 36.4 Å². The van der Waals surface area contributed by atoms with Crippen molar-refractivity contribution in [1.82, 2.24) is 29.1 Å². The van der Waals surface area contributed by atoms with Gasteiger partial charge in [0.1, 0.15) is 5.65 Å². The lowest BCUT2D eigenvalue weighted by Crippen LogP contribution is -1.99. The number of para-hydroxylation sites is 3. The Balaban J connectivity index is 1.18. The van der Waals surface area contributed by atoms with E-state index >= 15 is 0 Å². The zero-order chi connectivity index (χ0) is 32.3. The van der Waals surface area contributed by atoms with E-state index in [9.17, 15) is 0 Å². The van der Waals surface area contributed by atoms with Crippen molar-refractivity contribution in [2.45, 2.75) is 0 Å². The summed E-state index contributed by atoms with van der Waals surface area (Å²) in [5, 5.41) is 4.80. The van der Waals surface area contributed by atoms with Gasteiger partial charge in [0.25, 0.3) is 0 Å². The molecule has 6 aromatic heterocycles. The topological polar surface area (TPSA) is 64.3 Å². The van der Waals surface area contributed by atoms with E-state index in [0.29, 0.717) is 0 Å². The van der Waals surface area contributed by atoms with E-state index in [4.69, 9.17) is 4.98 Å². The van der Waals surface area contributed by atoms with Crippen molar-refractivity contribution in [3.8, 4) is 45.4 Å².